The Balaban J connectivity index is 1.74. The van der Waals surface area contributed by atoms with E-state index in [2.05, 4.69) is 17.0 Å². The summed E-state index contributed by atoms with van der Waals surface area (Å²) in [4.78, 5) is 15.4. The highest BCUT2D eigenvalue weighted by molar-refractivity contribution is 7.99. The average Bonchev–Trinajstić information content (AvgIpc) is 2.49. The Morgan fingerprint density at radius 2 is 1.95 bits per heavy atom. The van der Waals surface area contributed by atoms with Crippen LogP contribution in [0.15, 0.2) is 29.2 Å². The van der Waals surface area contributed by atoms with Crippen molar-refractivity contribution >= 4 is 17.5 Å². The topological polar surface area (TPSA) is 29.5 Å². The molecule has 0 radical (unpaired) electrons. The molecule has 1 aromatic carbocycles. The smallest absolute Gasteiger partial charge is 0.162 e. The third kappa shape index (κ3) is 4.93. The highest BCUT2D eigenvalue weighted by Gasteiger charge is 2.09. The van der Waals surface area contributed by atoms with Crippen LogP contribution < -0.4 is 0 Å². The quantitative estimate of drug-likeness (QED) is 0.571. The number of morpholine rings is 1. The summed E-state index contributed by atoms with van der Waals surface area (Å²) in [6, 6.07) is 8.03. The van der Waals surface area contributed by atoms with E-state index in [-0.39, 0.29) is 5.78 Å². The second-order valence-corrected chi connectivity index (χ2v) is 6.17. The Morgan fingerprint density at radius 3 is 2.60 bits per heavy atom. The zero-order valence-corrected chi connectivity index (χ0v) is 13.0. The highest BCUT2D eigenvalue weighted by Crippen LogP contribution is 2.19. The van der Waals surface area contributed by atoms with Gasteiger partial charge < -0.3 is 4.74 Å². The normalized spacial score (nSPS) is 16.2. The lowest BCUT2D eigenvalue weighted by molar-refractivity contribution is 0.0410. The third-order valence-electron chi connectivity index (χ3n) is 3.43. The first kappa shape index (κ1) is 15.5. The number of ether oxygens (including phenoxy) is 1. The lowest BCUT2D eigenvalue weighted by atomic mass is 10.1. The van der Waals surface area contributed by atoms with Crippen molar-refractivity contribution in [1.82, 2.24) is 4.90 Å². The molecule has 0 aliphatic carbocycles. The average molecular weight is 293 g/mol. The summed E-state index contributed by atoms with van der Waals surface area (Å²) >= 11 is 1.85. The standard InChI is InChI=1S/C16H23NO2S/c1-2-3-16(18)14-4-6-15(7-5-14)20-13-10-17-8-11-19-12-9-17/h4-7H,2-3,8-13H2,1H3. The molecule has 1 aliphatic heterocycles. The Labute approximate surface area is 125 Å². The Bertz CT molecular complexity index is 413. The van der Waals surface area contributed by atoms with Crippen molar-refractivity contribution in [3.63, 3.8) is 0 Å². The van der Waals surface area contributed by atoms with E-state index in [4.69, 9.17) is 4.74 Å². The van der Waals surface area contributed by atoms with Crippen LogP contribution in [0.1, 0.15) is 30.1 Å². The van der Waals surface area contributed by atoms with Gasteiger partial charge in [0.25, 0.3) is 0 Å². The minimum Gasteiger partial charge on any atom is -0.379 e. The number of rotatable bonds is 7. The van der Waals surface area contributed by atoms with Gasteiger partial charge in [-0.2, -0.15) is 0 Å². The fourth-order valence-corrected chi connectivity index (χ4v) is 3.14. The maximum atomic E-state index is 11.8. The first-order chi connectivity index (χ1) is 9.79. The van der Waals surface area contributed by atoms with Crippen molar-refractivity contribution in [2.75, 3.05) is 38.6 Å². The van der Waals surface area contributed by atoms with E-state index in [0.717, 1.165) is 50.6 Å². The van der Waals surface area contributed by atoms with E-state index >= 15 is 0 Å². The van der Waals surface area contributed by atoms with Crippen LogP contribution >= 0.6 is 11.8 Å². The molecule has 0 saturated carbocycles. The number of nitrogens with zero attached hydrogens (tertiary/aromatic N) is 1. The predicted molar refractivity (Wildman–Crippen MR) is 83.7 cm³/mol. The summed E-state index contributed by atoms with van der Waals surface area (Å²) in [5, 5.41) is 0. The molecular weight excluding hydrogens is 270 g/mol. The fraction of sp³-hybridized carbons (Fsp3) is 0.562. The molecule has 1 saturated heterocycles. The summed E-state index contributed by atoms with van der Waals surface area (Å²) in [6.07, 6.45) is 1.55. The summed E-state index contributed by atoms with van der Waals surface area (Å²) in [5.74, 6) is 1.33. The van der Waals surface area contributed by atoms with E-state index in [9.17, 15) is 4.79 Å². The predicted octanol–water partition coefficient (Wildman–Crippen LogP) is 3.09. The molecule has 0 aromatic heterocycles. The molecular formula is C16H23NO2S. The van der Waals surface area contributed by atoms with Gasteiger partial charge in [0.2, 0.25) is 0 Å². The first-order valence-electron chi connectivity index (χ1n) is 7.35. The molecule has 0 amide bonds. The molecule has 0 bridgehead atoms. The number of carbonyl (C=O) groups excluding carboxylic acids is 1. The summed E-state index contributed by atoms with van der Waals surface area (Å²) in [6.45, 7) is 6.95. The van der Waals surface area contributed by atoms with Crippen LogP contribution in [0.25, 0.3) is 0 Å². The van der Waals surface area contributed by atoms with Gasteiger partial charge in [0.05, 0.1) is 13.2 Å². The van der Waals surface area contributed by atoms with Crippen LogP contribution in [-0.4, -0.2) is 49.3 Å². The summed E-state index contributed by atoms with van der Waals surface area (Å²) in [5.41, 5.74) is 0.837. The van der Waals surface area contributed by atoms with E-state index in [0.29, 0.717) is 6.42 Å². The van der Waals surface area contributed by atoms with Crippen molar-refractivity contribution in [2.24, 2.45) is 0 Å². The van der Waals surface area contributed by atoms with E-state index in [1.165, 1.54) is 4.90 Å². The van der Waals surface area contributed by atoms with Gasteiger partial charge in [-0.15, -0.1) is 11.8 Å². The largest absolute Gasteiger partial charge is 0.379 e. The summed E-state index contributed by atoms with van der Waals surface area (Å²) < 4.78 is 5.34. The van der Waals surface area contributed by atoms with Gasteiger partial charge in [0, 0.05) is 42.3 Å². The molecule has 3 nitrogen and oxygen atoms in total. The molecule has 0 spiro atoms. The molecule has 1 aliphatic rings. The SMILES string of the molecule is CCCC(=O)c1ccc(SCCN2CCOCC2)cc1. The second kappa shape index (κ2) is 8.45. The molecule has 20 heavy (non-hydrogen) atoms. The molecule has 4 heteroatoms. The van der Waals surface area contributed by atoms with E-state index in [1.807, 2.05) is 30.8 Å². The van der Waals surface area contributed by atoms with Gasteiger partial charge in [0.15, 0.2) is 5.78 Å². The maximum absolute atomic E-state index is 11.8. The number of ketones is 1. The number of Topliss-reactive ketones (excluding diaryl/α,β-unsaturated/α-hetero) is 1. The third-order valence-corrected chi connectivity index (χ3v) is 4.43. The van der Waals surface area contributed by atoms with Crippen LogP contribution in [0.4, 0.5) is 0 Å². The van der Waals surface area contributed by atoms with Crippen LogP contribution in [-0.2, 0) is 4.74 Å². The first-order valence-corrected chi connectivity index (χ1v) is 8.34. The van der Waals surface area contributed by atoms with Crippen molar-refractivity contribution in [3.05, 3.63) is 29.8 Å². The van der Waals surface area contributed by atoms with Gasteiger partial charge in [-0.05, 0) is 18.6 Å². The van der Waals surface area contributed by atoms with Gasteiger partial charge >= 0.3 is 0 Å². The van der Waals surface area contributed by atoms with Crippen molar-refractivity contribution in [1.29, 1.82) is 0 Å². The van der Waals surface area contributed by atoms with Gasteiger partial charge in [0.1, 0.15) is 0 Å². The molecule has 1 heterocycles. The Hall–Kier alpha value is -0.840. The molecule has 1 aromatic rings. The van der Waals surface area contributed by atoms with Crippen LogP contribution in [0.3, 0.4) is 0 Å². The highest BCUT2D eigenvalue weighted by atomic mass is 32.2. The van der Waals surface area contributed by atoms with E-state index < -0.39 is 0 Å². The number of hydrogen-bond donors (Lipinski definition) is 0. The zero-order chi connectivity index (χ0) is 14.2. The molecule has 2 rings (SSSR count). The number of hydrogen-bond acceptors (Lipinski definition) is 4. The van der Waals surface area contributed by atoms with Crippen molar-refractivity contribution in [2.45, 2.75) is 24.7 Å². The minimum atomic E-state index is 0.248. The molecule has 110 valence electrons. The van der Waals surface area contributed by atoms with Gasteiger partial charge in [-0.3, -0.25) is 9.69 Å². The van der Waals surface area contributed by atoms with Gasteiger partial charge in [-0.1, -0.05) is 19.1 Å². The van der Waals surface area contributed by atoms with Crippen LogP contribution in [0.5, 0.6) is 0 Å². The lowest BCUT2D eigenvalue weighted by Crippen LogP contribution is -2.37. The summed E-state index contributed by atoms with van der Waals surface area (Å²) in [7, 11) is 0. The lowest BCUT2D eigenvalue weighted by Gasteiger charge is -2.26. The number of thioether (sulfide) groups is 1. The zero-order valence-electron chi connectivity index (χ0n) is 12.1. The second-order valence-electron chi connectivity index (χ2n) is 5.00. The minimum absolute atomic E-state index is 0.248. The fourth-order valence-electron chi connectivity index (χ4n) is 2.23. The molecule has 0 atom stereocenters. The maximum Gasteiger partial charge on any atom is 0.162 e. The van der Waals surface area contributed by atoms with Gasteiger partial charge in [-0.25, -0.2) is 0 Å². The van der Waals surface area contributed by atoms with Crippen LogP contribution in [0, 0.1) is 0 Å². The number of benzene rings is 1. The van der Waals surface area contributed by atoms with Crippen molar-refractivity contribution in [3.8, 4) is 0 Å². The van der Waals surface area contributed by atoms with Crippen LogP contribution in [0.2, 0.25) is 0 Å². The molecule has 0 unspecified atom stereocenters. The molecule has 0 N–H and O–H groups in total. The Kier molecular flexibility index (Phi) is 6.57. The molecule has 1 fully saturated rings. The number of carbonyl (C=O) groups is 1. The van der Waals surface area contributed by atoms with E-state index in [1.54, 1.807) is 0 Å². The monoisotopic (exact) mass is 293 g/mol. The Morgan fingerprint density at radius 1 is 1.25 bits per heavy atom. The van der Waals surface area contributed by atoms with Crippen molar-refractivity contribution < 1.29 is 9.53 Å².